The number of nitrogens with zero attached hydrogens (tertiary/aromatic N) is 4. The molecule has 2 aromatic carbocycles. The van der Waals surface area contributed by atoms with E-state index in [1.54, 1.807) is 23.1 Å². The number of rotatable bonds is 2. The Labute approximate surface area is 165 Å². The van der Waals surface area contributed by atoms with E-state index in [0.717, 1.165) is 26.7 Å². The molecule has 0 unspecified atom stereocenters. The Morgan fingerprint density at radius 3 is 2.63 bits per heavy atom. The van der Waals surface area contributed by atoms with E-state index in [-0.39, 0.29) is 5.91 Å². The van der Waals surface area contributed by atoms with Crippen molar-refractivity contribution in [3.05, 3.63) is 54.1 Å². The number of carbonyl (C=O) groups excluding carboxylic acids is 1. The summed E-state index contributed by atoms with van der Waals surface area (Å²) in [7, 11) is 0. The highest BCUT2D eigenvalue weighted by Crippen LogP contribution is 2.50. The summed E-state index contributed by atoms with van der Waals surface area (Å²) in [6.07, 6.45) is 0.702. The molecular formula is C20H18N4OS2. The number of benzene rings is 2. The summed E-state index contributed by atoms with van der Waals surface area (Å²) in [6.45, 7) is 4.09. The van der Waals surface area contributed by atoms with Gasteiger partial charge in [0.2, 0.25) is 5.91 Å². The lowest BCUT2D eigenvalue weighted by atomic mass is 10.2. The molecule has 1 saturated heterocycles. The second kappa shape index (κ2) is 6.07. The maximum atomic E-state index is 12.9. The highest BCUT2D eigenvalue weighted by Gasteiger charge is 2.56. The Kier molecular flexibility index (Phi) is 3.77. The molecule has 3 heterocycles. The van der Waals surface area contributed by atoms with Crippen LogP contribution in [0.3, 0.4) is 0 Å². The van der Waals surface area contributed by atoms with Gasteiger partial charge in [-0.25, -0.2) is 9.99 Å². The monoisotopic (exact) mass is 394 g/mol. The first-order valence-corrected chi connectivity index (χ1v) is 10.6. The fourth-order valence-electron chi connectivity index (χ4n) is 3.64. The number of aromatic nitrogens is 1. The molecule has 1 amide bonds. The van der Waals surface area contributed by atoms with E-state index >= 15 is 0 Å². The Bertz CT molecular complexity index is 1040. The highest BCUT2D eigenvalue weighted by atomic mass is 32.2. The molecule has 5 rings (SSSR count). The predicted octanol–water partition coefficient (Wildman–Crippen LogP) is 4.62. The number of aryl methyl sites for hydroxylation is 1. The normalized spacial score (nSPS) is 22.3. The van der Waals surface area contributed by atoms with Gasteiger partial charge in [-0.3, -0.25) is 9.69 Å². The van der Waals surface area contributed by atoms with Gasteiger partial charge >= 0.3 is 0 Å². The standard InChI is InChI=1S/C20H18N4OS2/c1-13-7-9-15(10-8-13)24-20(11-14(2)22-24)23(18(25)12-26-20)19-21-16-5-3-4-6-17(16)27-19/h3-10H,11-12H2,1-2H3/t20-/m0/s1. The minimum Gasteiger partial charge on any atom is -0.273 e. The second-order valence-corrected chi connectivity index (χ2v) is 9.12. The van der Waals surface area contributed by atoms with Crippen LogP contribution in [-0.2, 0) is 4.79 Å². The van der Waals surface area contributed by atoms with Crippen molar-refractivity contribution in [1.29, 1.82) is 0 Å². The number of thiazole rings is 1. The zero-order chi connectivity index (χ0) is 18.6. The molecule has 1 atom stereocenters. The van der Waals surface area contributed by atoms with Gasteiger partial charge in [-0.1, -0.05) is 52.9 Å². The Hall–Kier alpha value is -2.38. The quantitative estimate of drug-likeness (QED) is 0.636. The van der Waals surface area contributed by atoms with Gasteiger partial charge in [-0.2, -0.15) is 5.10 Å². The highest BCUT2D eigenvalue weighted by molar-refractivity contribution is 8.02. The molecule has 1 fully saturated rings. The number of fused-ring (bicyclic) bond motifs is 1. The molecule has 27 heavy (non-hydrogen) atoms. The van der Waals surface area contributed by atoms with Crippen LogP contribution in [0, 0.1) is 6.92 Å². The maximum absolute atomic E-state index is 12.9. The SMILES string of the molecule is CC1=NN(c2ccc(C)cc2)[C@@]2(C1)SCC(=O)N2c1nc2ccccc2s1. The zero-order valence-electron chi connectivity index (χ0n) is 15.0. The van der Waals surface area contributed by atoms with Crippen LogP contribution in [0.1, 0.15) is 18.9 Å². The second-order valence-electron chi connectivity index (χ2n) is 6.88. The van der Waals surface area contributed by atoms with Gasteiger partial charge in [0.1, 0.15) is 0 Å². The van der Waals surface area contributed by atoms with Crippen molar-refractivity contribution in [2.45, 2.75) is 25.3 Å². The van der Waals surface area contributed by atoms with Gasteiger partial charge in [0, 0.05) is 12.1 Å². The van der Waals surface area contributed by atoms with Crippen LogP contribution in [-0.4, -0.2) is 27.4 Å². The zero-order valence-corrected chi connectivity index (χ0v) is 16.7. The van der Waals surface area contributed by atoms with E-state index < -0.39 is 4.99 Å². The van der Waals surface area contributed by atoms with Crippen molar-refractivity contribution in [3.63, 3.8) is 0 Å². The average molecular weight is 395 g/mol. The van der Waals surface area contributed by atoms with E-state index in [1.807, 2.05) is 41.1 Å². The Morgan fingerprint density at radius 2 is 1.85 bits per heavy atom. The minimum atomic E-state index is -0.579. The fraction of sp³-hybridized carbons (Fsp3) is 0.250. The topological polar surface area (TPSA) is 48.8 Å². The number of para-hydroxylation sites is 1. The molecular weight excluding hydrogens is 376 g/mol. The lowest BCUT2D eigenvalue weighted by Gasteiger charge is -2.39. The summed E-state index contributed by atoms with van der Waals surface area (Å²) in [5, 5.41) is 7.55. The van der Waals surface area contributed by atoms with E-state index in [2.05, 4.69) is 31.2 Å². The molecule has 2 aliphatic heterocycles. The summed E-state index contributed by atoms with van der Waals surface area (Å²) in [5.41, 5.74) is 4.13. The van der Waals surface area contributed by atoms with Gasteiger partial charge < -0.3 is 0 Å². The number of hydrazone groups is 1. The molecule has 7 heteroatoms. The third kappa shape index (κ3) is 2.56. The van der Waals surface area contributed by atoms with Crippen LogP contribution in [0.15, 0.2) is 53.6 Å². The van der Waals surface area contributed by atoms with Crippen LogP contribution >= 0.6 is 23.1 Å². The first-order valence-electron chi connectivity index (χ1n) is 8.80. The van der Waals surface area contributed by atoms with Crippen LogP contribution in [0.25, 0.3) is 10.2 Å². The average Bonchev–Trinajstić information content (AvgIpc) is 3.31. The smallest absolute Gasteiger partial charge is 0.241 e. The molecule has 1 aromatic heterocycles. The molecule has 0 aliphatic carbocycles. The van der Waals surface area contributed by atoms with Crippen LogP contribution in [0.5, 0.6) is 0 Å². The van der Waals surface area contributed by atoms with E-state index in [0.29, 0.717) is 12.2 Å². The lowest BCUT2D eigenvalue weighted by Crippen LogP contribution is -2.53. The fourth-order valence-corrected chi connectivity index (χ4v) is 6.12. The van der Waals surface area contributed by atoms with Crippen molar-refractivity contribution in [3.8, 4) is 0 Å². The van der Waals surface area contributed by atoms with Gasteiger partial charge in [0.05, 0.1) is 21.7 Å². The Balaban J connectivity index is 1.64. The van der Waals surface area contributed by atoms with Gasteiger partial charge in [0.15, 0.2) is 10.1 Å². The van der Waals surface area contributed by atoms with Crippen molar-refractivity contribution in [2.75, 3.05) is 15.7 Å². The van der Waals surface area contributed by atoms with Crippen molar-refractivity contribution >= 4 is 55.8 Å². The number of hydrogen-bond donors (Lipinski definition) is 0. The Morgan fingerprint density at radius 1 is 1.07 bits per heavy atom. The largest absolute Gasteiger partial charge is 0.273 e. The molecule has 136 valence electrons. The third-order valence-electron chi connectivity index (χ3n) is 4.87. The third-order valence-corrected chi connectivity index (χ3v) is 7.24. The number of amides is 1. The summed E-state index contributed by atoms with van der Waals surface area (Å²) < 4.78 is 1.09. The molecule has 0 N–H and O–H groups in total. The number of thioether (sulfide) groups is 1. The number of carbonyl (C=O) groups is 1. The van der Waals surface area contributed by atoms with E-state index in [9.17, 15) is 4.79 Å². The summed E-state index contributed by atoms with van der Waals surface area (Å²) in [4.78, 5) is 19.0. The molecule has 2 aliphatic rings. The molecule has 0 radical (unpaired) electrons. The predicted molar refractivity (Wildman–Crippen MR) is 114 cm³/mol. The summed E-state index contributed by atoms with van der Waals surface area (Å²) in [5.74, 6) is 0.516. The minimum absolute atomic E-state index is 0.0843. The van der Waals surface area contributed by atoms with Crippen molar-refractivity contribution in [1.82, 2.24) is 4.98 Å². The molecule has 3 aromatic rings. The van der Waals surface area contributed by atoms with Crippen LogP contribution < -0.4 is 9.91 Å². The maximum Gasteiger partial charge on any atom is 0.241 e. The van der Waals surface area contributed by atoms with Crippen LogP contribution in [0.2, 0.25) is 0 Å². The van der Waals surface area contributed by atoms with Crippen molar-refractivity contribution < 1.29 is 4.79 Å². The number of hydrogen-bond acceptors (Lipinski definition) is 6. The molecule has 0 bridgehead atoms. The van der Waals surface area contributed by atoms with Crippen LogP contribution in [0.4, 0.5) is 10.8 Å². The molecule has 5 nitrogen and oxygen atoms in total. The van der Waals surface area contributed by atoms with Gasteiger partial charge in [-0.15, -0.1) is 0 Å². The molecule has 1 spiro atoms. The summed E-state index contributed by atoms with van der Waals surface area (Å²) >= 11 is 3.20. The van der Waals surface area contributed by atoms with Gasteiger partial charge in [-0.05, 0) is 38.1 Å². The van der Waals surface area contributed by atoms with Crippen molar-refractivity contribution in [2.24, 2.45) is 5.10 Å². The van der Waals surface area contributed by atoms with Gasteiger partial charge in [0.25, 0.3) is 0 Å². The number of anilines is 2. The van der Waals surface area contributed by atoms with E-state index in [1.165, 1.54) is 5.56 Å². The first-order chi connectivity index (χ1) is 13.1. The summed E-state index contributed by atoms with van der Waals surface area (Å²) in [6, 6.07) is 16.3. The first kappa shape index (κ1) is 16.8. The molecule has 0 saturated carbocycles. The van der Waals surface area contributed by atoms with E-state index in [4.69, 9.17) is 10.1 Å². The lowest BCUT2D eigenvalue weighted by molar-refractivity contribution is -0.116.